The van der Waals surface area contributed by atoms with Crippen LogP contribution in [0.5, 0.6) is 0 Å². The second kappa shape index (κ2) is 7.05. The SMILES string of the molecule is Cc1ccc(C(=O)[C@@H](C)OC(=O)c2ccc(I)cc2)cc1C. The molecule has 0 radical (unpaired) electrons. The summed E-state index contributed by atoms with van der Waals surface area (Å²) in [5.74, 6) is -0.678. The highest BCUT2D eigenvalue weighted by Gasteiger charge is 2.20. The molecule has 3 nitrogen and oxygen atoms in total. The van der Waals surface area contributed by atoms with Crippen LogP contribution in [0.4, 0.5) is 0 Å². The standard InChI is InChI=1S/C18H17IO3/c1-11-4-5-15(10-12(11)2)17(20)13(3)22-18(21)14-6-8-16(19)9-7-14/h4-10,13H,1-3H3/t13-/m1/s1. The van der Waals surface area contributed by atoms with E-state index in [1.54, 1.807) is 25.1 Å². The Morgan fingerprint density at radius 1 is 0.955 bits per heavy atom. The zero-order chi connectivity index (χ0) is 16.3. The Balaban J connectivity index is 2.09. The normalized spacial score (nSPS) is 11.8. The summed E-state index contributed by atoms with van der Waals surface area (Å²) >= 11 is 2.16. The largest absolute Gasteiger partial charge is 0.451 e. The predicted molar refractivity (Wildman–Crippen MR) is 94.3 cm³/mol. The number of hydrogen-bond donors (Lipinski definition) is 0. The molecule has 0 saturated heterocycles. The van der Waals surface area contributed by atoms with Gasteiger partial charge < -0.3 is 4.74 Å². The molecule has 22 heavy (non-hydrogen) atoms. The van der Waals surface area contributed by atoms with Crippen LogP contribution in [-0.2, 0) is 4.74 Å². The summed E-state index contributed by atoms with van der Waals surface area (Å²) in [5.41, 5.74) is 3.17. The molecule has 0 spiro atoms. The highest BCUT2D eigenvalue weighted by Crippen LogP contribution is 2.14. The van der Waals surface area contributed by atoms with Crippen molar-refractivity contribution in [2.45, 2.75) is 26.9 Å². The lowest BCUT2D eigenvalue weighted by atomic mass is 10.0. The summed E-state index contributed by atoms with van der Waals surface area (Å²) in [5, 5.41) is 0. The Bertz CT molecular complexity index is 705. The fourth-order valence-electron chi connectivity index (χ4n) is 2.00. The second-order valence-electron chi connectivity index (χ2n) is 5.22. The summed E-state index contributed by atoms with van der Waals surface area (Å²) in [6.45, 7) is 5.54. The quantitative estimate of drug-likeness (QED) is 0.430. The van der Waals surface area contributed by atoms with Crippen LogP contribution < -0.4 is 0 Å². The van der Waals surface area contributed by atoms with E-state index in [0.29, 0.717) is 11.1 Å². The van der Waals surface area contributed by atoms with Crippen molar-refractivity contribution in [3.05, 3.63) is 68.3 Å². The highest BCUT2D eigenvalue weighted by molar-refractivity contribution is 14.1. The van der Waals surface area contributed by atoms with E-state index >= 15 is 0 Å². The van der Waals surface area contributed by atoms with Gasteiger partial charge in [0.1, 0.15) is 0 Å². The van der Waals surface area contributed by atoms with Crippen molar-refractivity contribution in [2.24, 2.45) is 0 Å². The van der Waals surface area contributed by atoms with Gasteiger partial charge in [-0.3, -0.25) is 4.79 Å². The van der Waals surface area contributed by atoms with Gasteiger partial charge >= 0.3 is 5.97 Å². The van der Waals surface area contributed by atoms with Gasteiger partial charge in [-0.05, 0) is 84.8 Å². The Morgan fingerprint density at radius 3 is 2.14 bits per heavy atom. The van der Waals surface area contributed by atoms with Gasteiger partial charge in [0.05, 0.1) is 5.56 Å². The maximum atomic E-state index is 12.4. The molecular formula is C18H17IO3. The molecule has 0 aliphatic rings. The third-order valence-corrected chi connectivity index (χ3v) is 4.24. The summed E-state index contributed by atoms with van der Waals surface area (Å²) in [4.78, 5) is 24.4. The number of carbonyl (C=O) groups excluding carboxylic acids is 2. The van der Waals surface area contributed by atoms with Gasteiger partial charge in [0.2, 0.25) is 5.78 Å². The maximum Gasteiger partial charge on any atom is 0.338 e. The second-order valence-corrected chi connectivity index (χ2v) is 6.46. The summed E-state index contributed by atoms with van der Waals surface area (Å²) in [6, 6.07) is 12.5. The van der Waals surface area contributed by atoms with Crippen LogP contribution in [0.2, 0.25) is 0 Å². The van der Waals surface area contributed by atoms with Gasteiger partial charge in [0, 0.05) is 9.13 Å². The number of ether oxygens (including phenoxy) is 1. The number of esters is 1. The van der Waals surface area contributed by atoms with Gasteiger partial charge in [-0.15, -0.1) is 0 Å². The molecule has 2 aromatic carbocycles. The molecule has 0 heterocycles. The number of aryl methyl sites for hydroxylation is 2. The van der Waals surface area contributed by atoms with E-state index < -0.39 is 12.1 Å². The molecular weight excluding hydrogens is 391 g/mol. The molecule has 0 fully saturated rings. The average molecular weight is 408 g/mol. The topological polar surface area (TPSA) is 43.4 Å². The van der Waals surface area contributed by atoms with E-state index in [4.69, 9.17) is 4.74 Å². The van der Waals surface area contributed by atoms with E-state index in [0.717, 1.165) is 14.7 Å². The van der Waals surface area contributed by atoms with Crippen molar-refractivity contribution in [1.29, 1.82) is 0 Å². The minimum Gasteiger partial charge on any atom is -0.451 e. The molecule has 4 heteroatoms. The number of hydrogen-bond acceptors (Lipinski definition) is 3. The summed E-state index contributed by atoms with van der Waals surface area (Å²) < 4.78 is 6.31. The van der Waals surface area contributed by atoms with Crippen LogP contribution in [0.15, 0.2) is 42.5 Å². The van der Waals surface area contributed by atoms with E-state index in [-0.39, 0.29) is 5.78 Å². The Kier molecular flexibility index (Phi) is 5.34. The lowest BCUT2D eigenvalue weighted by molar-refractivity contribution is 0.0319. The van der Waals surface area contributed by atoms with Crippen molar-refractivity contribution in [3.63, 3.8) is 0 Å². The molecule has 0 unspecified atom stereocenters. The first-order chi connectivity index (χ1) is 10.4. The monoisotopic (exact) mass is 408 g/mol. The molecule has 0 N–H and O–H groups in total. The number of halogens is 1. The Morgan fingerprint density at radius 2 is 1.55 bits per heavy atom. The Hall–Kier alpha value is -1.69. The molecule has 0 aliphatic heterocycles. The number of ketones is 1. The van der Waals surface area contributed by atoms with Crippen LogP contribution in [0.3, 0.4) is 0 Å². The summed E-state index contributed by atoms with van der Waals surface area (Å²) in [6.07, 6.45) is -0.811. The lowest BCUT2D eigenvalue weighted by Crippen LogP contribution is -2.24. The zero-order valence-electron chi connectivity index (χ0n) is 12.7. The molecule has 1 atom stereocenters. The summed E-state index contributed by atoms with van der Waals surface area (Å²) in [7, 11) is 0. The average Bonchev–Trinajstić information content (AvgIpc) is 2.49. The first-order valence-corrected chi connectivity index (χ1v) is 8.04. The predicted octanol–water partition coefficient (Wildman–Crippen LogP) is 4.34. The van der Waals surface area contributed by atoms with E-state index in [1.807, 2.05) is 38.1 Å². The molecule has 2 rings (SSSR count). The smallest absolute Gasteiger partial charge is 0.338 e. The van der Waals surface area contributed by atoms with E-state index in [1.165, 1.54) is 0 Å². The zero-order valence-corrected chi connectivity index (χ0v) is 14.9. The van der Waals surface area contributed by atoms with Crippen molar-refractivity contribution in [3.8, 4) is 0 Å². The maximum absolute atomic E-state index is 12.4. The van der Waals surface area contributed by atoms with Crippen LogP contribution >= 0.6 is 22.6 Å². The van der Waals surface area contributed by atoms with Crippen molar-refractivity contribution < 1.29 is 14.3 Å². The first kappa shape index (κ1) is 16.7. The third-order valence-electron chi connectivity index (χ3n) is 3.52. The van der Waals surface area contributed by atoms with Crippen LogP contribution in [0, 0.1) is 17.4 Å². The number of benzene rings is 2. The fraction of sp³-hybridized carbons (Fsp3) is 0.222. The van der Waals surface area contributed by atoms with Crippen molar-refractivity contribution in [2.75, 3.05) is 0 Å². The number of carbonyl (C=O) groups is 2. The molecule has 0 saturated carbocycles. The highest BCUT2D eigenvalue weighted by atomic mass is 127. The molecule has 114 valence electrons. The van der Waals surface area contributed by atoms with Crippen LogP contribution in [-0.4, -0.2) is 17.9 Å². The molecule has 0 amide bonds. The molecule has 0 aromatic heterocycles. The lowest BCUT2D eigenvalue weighted by Gasteiger charge is -2.13. The van der Waals surface area contributed by atoms with Gasteiger partial charge in [-0.1, -0.05) is 12.1 Å². The van der Waals surface area contributed by atoms with Gasteiger partial charge in [0.15, 0.2) is 6.10 Å². The van der Waals surface area contributed by atoms with Crippen molar-refractivity contribution >= 4 is 34.3 Å². The molecule has 0 bridgehead atoms. The van der Waals surface area contributed by atoms with E-state index in [9.17, 15) is 9.59 Å². The first-order valence-electron chi connectivity index (χ1n) is 6.96. The molecule has 0 aliphatic carbocycles. The minimum atomic E-state index is -0.811. The number of rotatable bonds is 4. The van der Waals surface area contributed by atoms with Crippen LogP contribution in [0.1, 0.15) is 38.8 Å². The Labute approximate surface area is 143 Å². The van der Waals surface area contributed by atoms with Crippen molar-refractivity contribution in [1.82, 2.24) is 0 Å². The fourth-order valence-corrected chi connectivity index (χ4v) is 2.36. The number of Topliss-reactive ketones (excluding diaryl/α,β-unsaturated/α-hetero) is 1. The minimum absolute atomic E-state index is 0.193. The van der Waals surface area contributed by atoms with E-state index in [2.05, 4.69) is 22.6 Å². The van der Waals surface area contributed by atoms with Gasteiger partial charge in [-0.2, -0.15) is 0 Å². The van der Waals surface area contributed by atoms with Crippen LogP contribution in [0.25, 0.3) is 0 Å². The van der Waals surface area contributed by atoms with Gasteiger partial charge in [0.25, 0.3) is 0 Å². The molecule has 2 aromatic rings. The third kappa shape index (κ3) is 3.94. The van der Waals surface area contributed by atoms with Gasteiger partial charge in [-0.25, -0.2) is 4.79 Å².